The van der Waals surface area contributed by atoms with Gasteiger partial charge in [-0.15, -0.1) is 24.0 Å². The van der Waals surface area contributed by atoms with Crippen molar-refractivity contribution in [3.63, 3.8) is 0 Å². The zero-order valence-corrected chi connectivity index (χ0v) is 12.9. The molecule has 0 saturated heterocycles. The van der Waals surface area contributed by atoms with Crippen molar-refractivity contribution in [1.29, 1.82) is 0 Å². The molecule has 0 amide bonds. The van der Waals surface area contributed by atoms with Crippen molar-refractivity contribution in [3.8, 4) is 11.4 Å². The molecule has 0 saturated carbocycles. The van der Waals surface area contributed by atoms with E-state index in [1.807, 2.05) is 36.6 Å². The van der Waals surface area contributed by atoms with Crippen molar-refractivity contribution >= 4 is 46.7 Å². The van der Waals surface area contributed by atoms with E-state index in [4.69, 9.17) is 5.73 Å². The van der Waals surface area contributed by atoms with Crippen LogP contribution in [0.2, 0.25) is 0 Å². The number of nitrogens with zero attached hydrogens (tertiary/aromatic N) is 3. The molecule has 0 spiro atoms. The lowest BCUT2D eigenvalue weighted by molar-refractivity contribution is 1.16. The van der Waals surface area contributed by atoms with Gasteiger partial charge in [0.1, 0.15) is 0 Å². The summed E-state index contributed by atoms with van der Waals surface area (Å²) in [6.45, 7) is 0. The van der Waals surface area contributed by atoms with Gasteiger partial charge in [-0.05, 0) is 6.26 Å². The third kappa shape index (κ3) is 3.95. The molecule has 2 N–H and O–H groups in total. The summed E-state index contributed by atoms with van der Waals surface area (Å²) < 4.78 is 0. The van der Waals surface area contributed by atoms with Crippen molar-refractivity contribution in [1.82, 2.24) is 9.97 Å². The SMILES string of the molecule is CSC(N)=Nc1ccnc(-c2ccccc2)n1.I. The van der Waals surface area contributed by atoms with Crippen molar-refractivity contribution < 1.29 is 0 Å². The standard InChI is InChI=1S/C12H12N4S.HI/c1-17-12(13)16-10-7-8-14-11(15-10)9-5-3-2-4-6-9;/h2-8H,1H3,(H2,13,14,15,16);1H. The summed E-state index contributed by atoms with van der Waals surface area (Å²) in [5.74, 6) is 1.23. The minimum absolute atomic E-state index is 0. The van der Waals surface area contributed by atoms with Crippen LogP contribution in [0.3, 0.4) is 0 Å². The molecule has 0 radical (unpaired) electrons. The summed E-state index contributed by atoms with van der Waals surface area (Å²) >= 11 is 1.39. The third-order valence-corrected chi connectivity index (χ3v) is 2.62. The van der Waals surface area contributed by atoms with Gasteiger partial charge in [-0.25, -0.2) is 15.0 Å². The molecule has 1 aromatic heterocycles. The molecule has 0 aliphatic rings. The highest BCUT2D eigenvalue weighted by atomic mass is 127. The fraction of sp³-hybridized carbons (Fsp3) is 0.0833. The van der Waals surface area contributed by atoms with Gasteiger partial charge in [0.05, 0.1) is 0 Å². The Morgan fingerprint density at radius 1 is 1.22 bits per heavy atom. The van der Waals surface area contributed by atoms with Crippen LogP contribution in [0.15, 0.2) is 47.6 Å². The minimum atomic E-state index is 0. The Balaban J connectivity index is 0.00000162. The predicted octanol–water partition coefficient (Wildman–Crippen LogP) is 3.07. The number of rotatable bonds is 2. The first-order valence-corrected chi connectivity index (χ1v) is 6.28. The summed E-state index contributed by atoms with van der Waals surface area (Å²) in [4.78, 5) is 12.7. The van der Waals surface area contributed by atoms with Crippen LogP contribution in [0.5, 0.6) is 0 Å². The van der Waals surface area contributed by atoms with Gasteiger partial charge < -0.3 is 5.73 Å². The van der Waals surface area contributed by atoms with Gasteiger partial charge in [0.2, 0.25) is 0 Å². The van der Waals surface area contributed by atoms with E-state index in [1.165, 1.54) is 11.8 Å². The van der Waals surface area contributed by atoms with Gasteiger partial charge in [-0.1, -0.05) is 42.1 Å². The highest BCUT2D eigenvalue weighted by Crippen LogP contribution is 2.17. The lowest BCUT2D eigenvalue weighted by atomic mass is 10.2. The normalized spacial score (nSPS) is 10.8. The first-order valence-electron chi connectivity index (χ1n) is 5.06. The Kier molecular flexibility index (Phi) is 6.06. The molecule has 0 fully saturated rings. The fourth-order valence-electron chi connectivity index (χ4n) is 1.30. The molecule has 0 bridgehead atoms. The first-order chi connectivity index (χ1) is 8.29. The van der Waals surface area contributed by atoms with E-state index in [0.717, 1.165) is 5.56 Å². The van der Waals surface area contributed by atoms with E-state index in [0.29, 0.717) is 16.8 Å². The number of thioether (sulfide) groups is 1. The largest absolute Gasteiger partial charge is 0.378 e. The second-order valence-electron chi connectivity index (χ2n) is 3.26. The van der Waals surface area contributed by atoms with Crippen LogP contribution in [-0.2, 0) is 0 Å². The number of hydrogen-bond donors (Lipinski definition) is 1. The summed E-state index contributed by atoms with van der Waals surface area (Å²) in [7, 11) is 0. The number of aromatic nitrogens is 2. The lowest BCUT2D eigenvalue weighted by Crippen LogP contribution is -2.04. The third-order valence-electron chi connectivity index (χ3n) is 2.11. The van der Waals surface area contributed by atoms with Crippen molar-refractivity contribution in [2.75, 3.05) is 6.26 Å². The van der Waals surface area contributed by atoms with E-state index in [2.05, 4.69) is 15.0 Å². The Labute approximate surface area is 127 Å². The zero-order chi connectivity index (χ0) is 12.1. The number of hydrogen-bond acceptors (Lipinski definition) is 4. The van der Waals surface area contributed by atoms with Gasteiger partial charge in [0.25, 0.3) is 0 Å². The van der Waals surface area contributed by atoms with Crippen LogP contribution in [-0.4, -0.2) is 21.4 Å². The molecular formula is C12H13IN4S. The second kappa shape index (κ2) is 7.32. The molecule has 0 aliphatic heterocycles. The second-order valence-corrected chi connectivity index (χ2v) is 4.09. The van der Waals surface area contributed by atoms with E-state index in [1.54, 1.807) is 12.3 Å². The number of aliphatic imine (C=N–C) groups is 1. The summed E-state index contributed by atoms with van der Waals surface area (Å²) in [6.07, 6.45) is 3.56. The molecular weight excluding hydrogens is 359 g/mol. The smallest absolute Gasteiger partial charge is 0.161 e. The Hall–Kier alpha value is -1.15. The van der Waals surface area contributed by atoms with Gasteiger partial charge in [0, 0.05) is 17.8 Å². The molecule has 1 aromatic carbocycles. The number of halogens is 1. The summed E-state index contributed by atoms with van der Waals surface area (Å²) in [6, 6.07) is 11.5. The van der Waals surface area contributed by atoms with Crippen molar-refractivity contribution in [2.45, 2.75) is 0 Å². The molecule has 4 nitrogen and oxygen atoms in total. The average Bonchev–Trinajstić information content (AvgIpc) is 2.40. The molecule has 94 valence electrons. The molecule has 18 heavy (non-hydrogen) atoms. The van der Waals surface area contributed by atoms with Crippen molar-refractivity contribution in [2.24, 2.45) is 10.7 Å². The maximum absolute atomic E-state index is 5.65. The number of amidine groups is 1. The highest BCUT2D eigenvalue weighted by Gasteiger charge is 2.01. The predicted molar refractivity (Wildman–Crippen MR) is 87.7 cm³/mol. The maximum atomic E-state index is 5.65. The van der Waals surface area contributed by atoms with Gasteiger partial charge in [0.15, 0.2) is 16.8 Å². The van der Waals surface area contributed by atoms with Crippen LogP contribution in [0.4, 0.5) is 5.82 Å². The summed E-state index contributed by atoms with van der Waals surface area (Å²) in [5.41, 5.74) is 6.61. The Bertz CT molecular complexity index is 531. The number of benzene rings is 1. The van der Waals surface area contributed by atoms with Crippen LogP contribution in [0.1, 0.15) is 0 Å². The van der Waals surface area contributed by atoms with Crippen LogP contribution < -0.4 is 5.73 Å². The minimum Gasteiger partial charge on any atom is -0.378 e. The molecule has 6 heteroatoms. The lowest BCUT2D eigenvalue weighted by Gasteiger charge is -2.00. The monoisotopic (exact) mass is 372 g/mol. The zero-order valence-electron chi connectivity index (χ0n) is 9.78. The molecule has 0 aliphatic carbocycles. The van der Waals surface area contributed by atoms with Gasteiger partial charge in [-0.2, -0.15) is 0 Å². The van der Waals surface area contributed by atoms with Gasteiger partial charge in [-0.3, -0.25) is 0 Å². The maximum Gasteiger partial charge on any atom is 0.161 e. The Morgan fingerprint density at radius 3 is 2.61 bits per heavy atom. The highest BCUT2D eigenvalue weighted by molar-refractivity contribution is 14.0. The van der Waals surface area contributed by atoms with Crippen molar-refractivity contribution in [3.05, 3.63) is 42.6 Å². The van der Waals surface area contributed by atoms with Crippen LogP contribution >= 0.6 is 35.7 Å². The van der Waals surface area contributed by atoms with E-state index < -0.39 is 0 Å². The Morgan fingerprint density at radius 2 is 1.94 bits per heavy atom. The molecule has 0 unspecified atom stereocenters. The van der Waals surface area contributed by atoms with E-state index >= 15 is 0 Å². The van der Waals surface area contributed by atoms with E-state index in [9.17, 15) is 0 Å². The topological polar surface area (TPSA) is 64.2 Å². The van der Waals surface area contributed by atoms with Crippen LogP contribution in [0, 0.1) is 0 Å². The van der Waals surface area contributed by atoms with Gasteiger partial charge >= 0.3 is 0 Å². The molecule has 2 aromatic rings. The quantitative estimate of drug-likeness (QED) is 0.500. The first kappa shape index (κ1) is 14.9. The molecule has 0 atom stereocenters. The molecule has 2 rings (SSSR count). The molecule has 1 heterocycles. The fourth-order valence-corrected chi connectivity index (χ4v) is 1.48. The average molecular weight is 372 g/mol. The number of nitrogens with two attached hydrogens (primary N) is 1. The van der Waals surface area contributed by atoms with Crippen LogP contribution in [0.25, 0.3) is 11.4 Å². The summed E-state index contributed by atoms with van der Waals surface area (Å²) in [5, 5.41) is 0.489. The van der Waals surface area contributed by atoms with E-state index in [-0.39, 0.29) is 24.0 Å².